The lowest BCUT2D eigenvalue weighted by Crippen LogP contribution is -2.03. The van der Waals surface area contributed by atoms with Gasteiger partial charge in [0.05, 0.1) is 6.61 Å². The van der Waals surface area contributed by atoms with Crippen molar-refractivity contribution in [1.29, 1.82) is 0 Å². The van der Waals surface area contributed by atoms with Gasteiger partial charge in [0.2, 0.25) is 5.78 Å². The number of rotatable bonds is 6. The summed E-state index contributed by atoms with van der Waals surface area (Å²) in [7, 11) is 0. The summed E-state index contributed by atoms with van der Waals surface area (Å²) in [5, 5.41) is 3.54. The Balaban J connectivity index is 1.69. The summed E-state index contributed by atoms with van der Waals surface area (Å²) in [6.07, 6.45) is 3.74. The van der Waals surface area contributed by atoms with E-state index in [1.165, 1.54) is 11.1 Å². The Bertz CT molecular complexity index is 1040. The van der Waals surface area contributed by atoms with Gasteiger partial charge >= 0.3 is 0 Å². The van der Waals surface area contributed by atoms with E-state index in [4.69, 9.17) is 9.72 Å². The number of aromatic nitrogens is 3. The molecule has 5 heteroatoms. The van der Waals surface area contributed by atoms with Crippen molar-refractivity contribution in [3.05, 3.63) is 78.1 Å². The van der Waals surface area contributed by atoms with E-state index >= 15 is 0 Å². The zero-order valence-corrected chi connectivity index (χ0v) is 15.5. The molecule has 0 spiro atoms. The van der Waals surface area contributed by atoms with Crippen LogP contribution < -0.4 is 10.1 Å². The van der Waals surface area contributed by atoms with Crippen LogP contribution in [0.15, 0.2) is 67.0 Å². The molecule has 4 aromatic rings. The van der Waals surface area contributed by atoms with Gasteiger partial charge in [-0.05, 0) is 49.7 Å². The lowest BCUT2D eigenvalue weighted by molar-refractivity contribution is 0.340. The molecule has 2 heterocycles. The largest absolute Gasteiger partial charge is 0.494 e. The molecule has 136 valence electrons. The fourth-order valence-corrected chi connectivity index (χ4v) is 3.03. The zero-order chi connectivity index (χ0) is 18.6. The molecule has 4 rings (SSSR count). The van der Waals surface area contributed by atoms with Crippen LogP contribution in [0.2, 0.25) is 0 Å². The van der Waals surface area contributed by atoms with Crippen LogP contribution in [0.1, 0.15) is 18.1 Å². The number of benzene rings is 2. The lowest BCUT2D eigenvalue weighted by atomic mass is 10.1. The topological polar surface area (TPSA) is 51.5 Å². The lowest BCUT2D eigenvalue weighted by Gasteiger charge is -2.10. The van der Waals surface area contributed by atoms with Crippen molar-refractivity contribution >= 4 is 11.6 Å². The van der Waals surface area contributed by atoms with E-state index in [0.717, 1.165) is 22.8 Å². The summed E-state index contributed by atoms with van der Waals surface area (Å²) in [6, 6.07) is 18.4. The summed E-state index contributed by atoms with van der Waals surface area (Å²) >= 11 is 0. The zero-order valence-electron chi connectivity index (χ0n) is 15.5. The van der Waals surface area contributed by atoms with Crippen LogP contribution in [-0.2, 0) is 6.54 Å². The molecule has 0 unspecified atom stereocenters. The number of anilines is 1. The second kappa shape index (κ2) is 7.50. The number of hydrogen-bond acceptors (Lipinski definition) is 4. The van der Waals surface area contributed by atoms with E-state index in [1.54, 1.807) is 6.20 Å². The van der Waals surface area contributed by atoms with Crippen molar-refractivity contribution in [2.75, 3.05) is 11.9 Å². The van der Waals surface area contributed by atoms with E-state index in [2.05, 4.69) is 41.5 Å². The number of fused-ring (bicyclic) bond motifs is 1. The van der Waals surface area contributed by atoms with Crippen molar-refractivity contribution in [1.82, 2.24) is 14.4 Å². The third kappa shape index (κ3) is 3.62. The fraction of sp³-hybridized carbons (Fsp3) is 0.182. The molecule has 0 bridgehead atoms. The van der Waals surface area contributed by atoms with Gasteiger partial charge in [0.15, 0.2) is 0 Å². The maximum Gasteiger partial charge on any atom is 0.235 e. The highest BCUT2D eigenvalue weighted by molar-refractivity contribution is 5.75. The predicted molar refractivity (Wildman–Crippen MR) is 108 cm³/mol. The molecular formula is C22H22N4O. The third-order valence-electron chi connectivity index (χ3n) is 4.42. The van der Waals surface area contributed by atoms with Gasteiger partial charge in [0.25, 0.3) is 0 Å². The molecule has 0 aliphatic heterocycles. The molecule has 5 nitrogen and oxygen atoms in total. The first kappa shape index (κ1) is 17.1. The van der Waals surface area contributed by atoms with Crippen molar-refractivity contribution in [2.24, 2.45) is 0 Å². The molecule has 2 aromatic heterocycles. The van der Waals surface area contributed by atoms with Crippen LogP contribution in [0.25, 0.3) is 17.0 Å². The summed E-state index contributed by atoms with van der Waals surface area (Å²) < 4.78 is 7.53. The number of hydrogen-bond donors (Lipinski definition) is 1. The number of aryl methyl sites for hydroxylation is 1. The average molecular weight is 358 g/mol. The quantitative estimate of drug-likeness (QED) is 0.542. The second-order valence-electron chi connectivity index (χ2n) is 6.40. The van der Waals surface area contributed by atoms with Crippen LogP contribution >= 0.6 is 0 Å². The van der Waals surface area contributed by atoms with E-state index in [1.807, 2.05) is 47.9 Å². The van der Waals surface area contributed by atoms with Gasteiger partial charge in [0, 0.05) is 24.5 Å². The molecule has 0 saturated carbocycles. The molecule has 27 heavy (non-hydrogen) atoms. The maximum absolute atomic E-state index is 5.55. The monoisotopic (exact) mass is 358 g/mol. The summed E-state index contributed by atoms with van der Waals surface area (Å²) in [5.74, 6) is 2.47. The molecule has 2 aromatic carbocycles. The number of ether oxygens (including phenoxy) is 1. The van der Waals surface area contributed by atoms with Gasteiger partial charge in [-0.25, -0.2) is 9.97 Å². The molecule has 1 N–H and O–H groups in total. The van der Waals surface area contributed by atoms with E-state index < -0.39 is 0 Å². The maximum atomic E-state index is 5.55. The number of nitrogens with one attached hydrogen (secondary N) is 1. The van der Waals surface area contributed by atoms with Gasteiger partial charge in [-0.2, -0.15) is 0 Å². The van der Waals surface area contributed by atoms with Crippen molar-refractivity contribution < 1.29 is 4.74 Å². The van der Waals surface area contributed by atoms with Crippen molar-refractivity contribution in [2.45, 2.75) is 20.4 Å². The molecule has 0 atom stereocenters. The van der Waals surface area contributed by atoms with Gasteiger partial charge in [-0.1, -0.05) is 29.8 Å². The SMILES string of the molecule is CCOc1ccc(-c2nc3ncccn3c2NCc2ccc(C)cc2)cc1. The first-order valence-corrected chi connectivity index (χ1v) is 9.10. The van der Waals surface area contributed by atoms with Crippen molar-refractivity contribution in [3.8, 4) is 17.0 Å². The Morgan fingerprint density at radius 2 is 1.81 bits per heavy atom. The number of imidazole rings is 1. The number of nitrogens with zero attached hydrogens (tertiary/aromatic N) is 3. The van der Waals surface area contributed by atoms with Crippen LogP contribution in [0.4, 0.5) is 5.82 Å². The smallest absolute Gasteiger partial charge is 0.235 e. The van der Waals surface area contributed by atoms with Crippen LogP contribution in [0.3, 0.4) is 0 Å². The highest BCUT2D eigenvalue weighted by atomic mass is 16.5. The van der Waals surface area contributed by atoms with Crippen LogP contribution in [0, 0.1) is 6.92 Å². The van der Waals surface area contributed by atoms with E-state index in [-0.39, 0.29) is 0 Å². The van der Waals surface area contributed by atoms with E-state index in [9.17, 15) is 0 Å². The van der Waals surface area contributed by atoms with Gasteiger partial charge in [-0.3, -0.25) is 4.40 Å². The first-order valence-electron chi connectivity index (χ1n) is 9.10. The minimum atomic E-state index is 0.654. The molecule has 0 radical (unpaired) electrons. The molecule has 0 fully saturated rings. The van der Waals surface area contributed by atoms with Gasteiger partial charge in [-0.15, -0.1) is 0 Å². The molecule has 0 saturated heterocycles. The predicted octanol–water partition coefficient (Wildman–Crippen LogP) is 4.72. The fourth-order valence-electron chi connectivity index (χ4n) is 3.03. The minimum absolute atomic E-state index is 0.654. The molecule has 0 aliphatic rings. The Morgan fingerprint density at radius 1 is 1.04 bits per heavy atom. The minimum Gasteiger partial charge on any atom is -0.494 e. The van der Waals surface area contributed by atoms with E-state index in [0.29, 0.717) is 18.9 Å². The Hall–Kier alpha value is -3.34. The first-order chi connectivity index (χ1) is 13.2. The Labute approximate surface area is 158 Å². The summed E-state index contributed by atoms with van der Waals surface area (Å²) in [5.41, 5.74) is 4.38. The standard InChI is InChI=1S/C22H22N4O/c1-3-27-19-11-9-18(10-12-19)20-21(26-14-4-13-23-22(26)25-20)24-15-17-7-5-16(2)6-8-17/h4-14,24H,3,15H2,1-2H3. The van der Waals surface area contributed by atoms with Crippen LogP contribution in [-0.4, -0.2) is 21.0 Å². The molecular weight excluding hydrogens is 336 g/mol. The normalized spacial score (nSPS) is 10.9. The van der Waals surface area contributed by atoms with Crippen LogP contribution in [0.5, 0.6) is 5.75 Å². The highest BCUT2D eigenvalue weighted by Crippen LogP contribution is 2.30. The van der Waals surface area contributed by atoms with Gasteiger partial charge < -0.3 is 10.1 Å². The molecule has 0 amide bonds. The molecule has 0 aliphatic carbocycles. The summed E-state index contributed by atoms with van der Waals surface area (Å²) in [4.78, 5) is 9.12. The Kier molecular flexibility index (Phi) is 4.75. The second-order valence-corrected chi connectivity index (χ2v) is 6.40. The third-order valence-corrected chi connectivity index (χ3v) is 4.42. The Morgan fingerprint density at radius 3 is 2.56 bits per heavy atom. The summed E-state index contributed by atoms with van der Waals surface area (Å²) in [6.45, 7) is 5.44. The van der Waals surface area contributed by atoms with Crippen molar-refractivity contribution in [3.63, 3.8) is 0 Å². The highest BCUT2D eigenvalue weighted by Gasteiger charge is 2.14. The van der Waals surface area contributed by atoms with Gasteiger partial charge in [0.1, 0.15) is 17.3 Å². The average Bonchev–Trinajstić information content (AvgIpc) is 3.07.